The van der Waals surface area contributed by atoms with E-state index in [9.17, 15) is 39.0 Å². The predicted octanol–water partition coefficient (Wildman–Crippen LogP) is -0.448. The number of phenolic OH excluding ortho intramolecular Hbond substituents is 1. The topological polar surface area (TPSA) is 311 Å². The molecule has 1 saturated heterocycles. The second-order valence-corrected chi connectivity index (χ2v) is 14.9. The average molecular weight is 789 g/mol. The number of unbranched alkanes of at least 4 members (excludes halogenated alkanes) is 1. The van der Waals surface area contributed by atoms with Crippen molar-refractivity contribution < 1.29 is 39.0 Å². The van der Waals surface area contributed by atoms with Crippen molar-refractivity contribution in [3.05, 3.63) is 29.8 Å². The van der Waals surface area contributed by atoms with Crippen LogP contribution in [-0.2, 0) is 35.2 Å². The van der Waals surface area contributed by atoms with Gasteiger partial charge in [-0.05, 0) is 81.0 Å². The lowest BCUT2D eigenvalue weighted by molar-refractivity contribution is -0.143. The number of aromatic hydroxyl groups is 1. The van der Waals surface area contributed by atoms with Crippen LogP contribution in [0.2, 0.25) is 0 Å². The number of hydrogen-bond acceptors (Lipinski definition) is 10. The number of carbonyl (C=O) groups excluding carboxylic acids is 5. The summed E-state index contributed by atoms with van der Waals surface area (Å²) in [5.74, 6) is -4.77. The lowest BCUT2D eigenvalue weighted by Crippen LogP contribution is -2.60. The van der Waals surface area contributed by atoms with Crippen LogP contribution in [0, 0.1) is 11.8 Å². The molecule has 0 saturated carbocycles. The Morgan fingerprint density at radius 2 is 1.54 bits per heavy atom. The molecule has 7 atom stereocenters. The van der Waals surface area contributed by atoms with Gasteiger partial charge in [0, 0.05) is 19.5 Å². The van der Waals surface area contributed by atoms with Gasteiger partial charge in [-0.3, -0.25) is 29.0 Å². The Hall–Kier alpha value is -4.97. The minimum absolute atomic E-state index is 0.00163. The van der Waals surface area contributed by atoms with Gasteiger partial charge in [-0.1, -0.05) is 52.7 Å². The number of aliphatic imine (C=N–C) groups is 1. The molecule has 1 fully saturated rings. The highest BCUT2D eigenvalue weighted by molar-refractivity contribution is 5.96. The smallest absolute Gasteiger partial charge is 0.326 e. The Balaban J connectivity index is 2.36. The molecule has 1 aliphatic heterocycles. The number of aliphatic carboxylic acids is 1. The summed E-state index contributed by atoms with van der Waals surface area (Å²) in [5, 5.41) is 30.4. The molecule has 1 heterocycles. The third-order valence-electron chi connectivity index (χ3n) is 9.83. The van der Waals surface area contributed by atoms with Gasteiger partial charge in [-0.2, -0.15) is 0 Å². The molecule has 0 aliphatic carbocycles. The van der Waals surface area contributed by atoms with E-state index in [0.717, 1.165) is 0 Å². The highest BCUT2D eigenvalue weighted by Gasteiger charge is 2.40. The zero-order valence-electron chi connectivity index (χ0n) is 33.2. The maximum Gasteiger partial charge on any atom is 0.326 e. The molecule has 0 aromatic heterocycles. The second kappa shape index (κ2) is 23.8. The first-order chi connectivity index (χ1) is 26.5. The van der Waals surface area contributed by atoms with Crippen molar-refractivity contribution >= 4 is 41.5 Å². The number of nitrogens with two attached hydrogens (primary N) is 4. The summed E-state index contributed by atoms with van der Waals surface area (Å²) in [6.45, 7) is 8.11. The lowest BCUT2D eigenvalue weighted by Gasteiger charge is -2.31. The fourth-order valence-corrected chi connectivity index (χ4v) is 6.44. The van der Waals surface area contributed by atoms with E-state index in [1.807, 2.05) is 20.8 Å². The molecule has 0 unspecified atom stereocenters. The number of phenols is 1. The number of rotatable bonds is 24. The first-order valence-corrected chi connectivity index (χ1v) is 19.5. The molecule has 1 aliphatic rings. The van der Waals surface area contributed by atoms with E-state index in [0.29, 0.717) is 50.6 Å². The summed E-state index contributed by atoms with van der Waals surface area (Å²) in [4.78, 5) is 86.0. The molecule has 0 spiro atoms. The van der Waals surface area contributed by atoms with Crippen LogP contribution in [0.25, 0.3) is 0 Å². The van der Waals surface area contributed by atoms with Crippen molar-refractivity contribution in [3.63, 3.8) is 0 Å². The van der Waals surface area contributed by atoms with Gasteiger partial charge < -0.3 is 59.3 Å². The third-order valence-corrected chi connectivity index (χ3v) is 9.83. The molecule has 14 N–H and O–H groups in total. The van der Waals surface area contributed by atoms with Crippen LogP contribution in [-0.4, -0.2) is 112 Å². The highest BCUT2D eigenvalue weighted by Crippen LogP contribution is 2.21. The summed E-state index contributed by atoms with van der Waals surface area (Å²) in [6, 6.07) is -0.397. The van der Waals surface area contributed by atoms with Gasteiger partial charge in [0.05, 0.1) is 6.04 Å². The summed E-state index contributed by atoms with van der Waals surface area (Å²) >= 11 is 0. The Kier molecular flexibility index (Phi) is 20.1. The summed E-state index contributed by atoms with van der Waals surface area (Å²) in [5.41, 5.74) is 23.2. The molecule has 5 amide bonds. The van der Waals surface area contributed by atoms with Crippen molar-refractivity contribution in [1.82, 2.24) is 26.2 Å². The van der Waals surface area contributed by atoms with E-state index in [1.165, 1.54) is 17.0 Å². The second-order valence-electron chi connectivity index (χ2n) is 14.9. The molecule has 18 nitrogen and oxygen atoms in total. The van der Waals surface area contributed by atoms with Gasteiger partial charge in [-0.25, -0.2) is 4.79 Å². The largest absolute Gasteiger partial charge is 0.508 e. The molecule has 1 aromatic carbocycles. The van der Waals surface area contributed by atoms with E-state index in [1.54, 1.807) is 19.1 Å². The van der Waals surface area contributed by atoms with Gasteiger partial charge in [-0.15, -0.1) is 0 Å². The van der Waals surface area contributed by atoms with Crippen molar-refractivity contribution in [2.24, 2.45) is 39.8 Å². The Morgan fingerprint density at radius 3 is 2.12 bits per heavy atom. The Labute approximate surface area is 329 Å². The molecule has 314 valence electrons. The number of carboxylic acids is 1. The zero-order valence-corrected chi connectivity index (χ0v) is 33.2. The minimum Gasteiger partial charge on any atom is -0.508 e. The number of amides is 5. The SMILES string of the molecule is CC[C@@H](C)[C@H](NC(=O)[C@H](Cc1ccc(O)cc1)NC(=O)[C@@H]1CCCN1C(=O)[C@H](CCCN=C(N)N)NC(=O)[C@@H](N)CCCCN)C(=O)N[C@@H](CC(C)C)C(=O)O. The number of nitrogens with zero attached hydrogens (tertiary/aromatic N) is 2. The number of carboxylic acid groups (broad SMARTS) is 1. The molecule has 56 heavy (non-hydrogen) atoms. The summed E-state index contributed by atoms with van der Waals surface area (Å²) in [7, 11) is 0. The predicted molar refractivity (Wildman–Crippen MR) is 212 cm³/mol. The van der Waals surface area contributed by atoms with E-state index in [4.69, 9.17) is 22.9 Å². The van der Waals surface area contributed by atoms with E-state index < -0.39 is 77.7 Å². The quantitative estimate of drug-likeness (QED) is 0.0362. The number of carbonyl (C=O) groups is 6. The van der Waals surface area contributed by atoms with E-state index in [-0.39, 0.29) is 56.4 Å². The highest BCUT2D eigenvalue weighted by atomic mass is 16.4. The number of nitrogens with one attached hydrogen (secondary N) is 4. The van der Waals surface area contributed by atoms with Crippen LogP contribution in [0.3, 0.4) is 0 Å². The standard InChI is InChI=1S/C38H64N10O8/c1-5-23(4)31(35(53)46-29(37(55)56)20-22(2)3)47-33(51)28(21-24-13-15-25(49)16-14-24)45-34(52)30-12-9-19-48(30)36(54)27(11-8-18-43-38(41)42)44-32(50)26(40)10-6-7-17-39/h13-16,22-23,26-31,49H,5-12,17-21,39-40H2,1-4H3,(H,44,50)(H,45,52)(H,46,53)(H,47,51)(H,55,56)(H4,41,42,43)/t23-,26+,27+,28+,29+,30+,31+/m1/s1. The number of hydrogen-bond donors (Lipinski definition) is 10. The van der Waals surface area contributed by atoms with Crippen LogP contribution in [0.4, 0.5) is 0 Å². The molecule has 18 heteroatoms. The van der Waals surface area contributed by atoms with E-state index in [2.05, 4.69) is 26.3 Å². The van der Waals surface area contributed by atoms with Crippen LogP contribution in [0.15, 0.2) is 29.3 Å². The molecule has 2 rings (SSSR count). The maximum absolute atomic E-state index is 14.1. The normalized spacial score (nSPS) is 17.1. The van der Waals surface area contributed by atoms with Crippen LogP contribution in [0.1, 0.15) is 91.0 Å². The van der Waals surface area contributed by atoms with Gasteiger partial charge in [0.15, 0.2) is 5.96 Å². The van der Waals surface area contributed by atoms with Crippen molar-refractivity contribution in [3.8, 4) is 5.75 Å². The van der Waals surface area contributed by atoms with E-state index >= 15 is 0 Å². The first-order valence-electron chi connectivity index (χ1n) is 19.5. The monoisotopic (exact) mass is 788 g/mol. The minimum atomic E-state index is -1.24. The summed E-state index contributed by atoms with van der Waals surface area (Å²) < 4.78 is 0. The first kappa shape index (κ1) is 47.2. The van der Waals surface area contributed by atoms with Gasteiger partial charge in [0.25, 0.3) is 0 Å². The maximum atomic E-state index is 14.1. The fourth-order valence-electron chi connectivity index (χ4n) is 6.44. The third kappa shape index (κ3) is 15.6. The van der Waals surface area contributed by atoms with Gasteiger partial charge >= 0.3 is 5.97 Å². The number of likely N-dealkylation sites (tertiary alicyclic amines) is 1. The molecular weight excluding hydrogens is 724 g/mol. The summed E-state index contributed by atoms with van der Waals surface area (Å²) in [6.07, 6.45) is 3.55. The van der Waals surface area contributed by atoms with Crippen molar-refractivity contribution in [2.75, 3.05) is 19.6 Å². The fraction of sp³-hybridized carbons (Fsp3) is 0.658. The Morgan fingerprint density at radius 1 is 0.875 bits per heavy atom. The number of benzene rings is 1. The lowest BCUT2D eigenvalue weighted by atomic mass is 9.96. The molecule has 1 aromatic rings. The van der Waals surface area contributed by atoms with Crippen LogP contribution in [0.5, 0.6) is 5.75 Å². The molecule has 0 radical (unpaired) electrons. The van der Waals surface area contributed by atoms with Crippen LogP contribution < -0.4 is 44.2 Å². The Bertz CT molecular complexity index is 1490. The molecular formula is C38H64N10O8. The molecule has 0 bridgehead atoms. The average Bonchev–Trinajstić information content (AvgIpc) is 3.64. The number of guanidine groups is 1. The van der Waals surface area contributed by atoms with Crippen LogP contribution >= 0.6 is 0 Å². The van der Waals surface area contributed by atoms with Crippen molar-refractivity contribution in [1.29, 1.82) is 0 Å². The van der Waals surface area contributed by atoms with Gasteiger partial charge in [0.2, 0.25) is 29.5 Å². The van der Waals surface area contributed by atoms with Crippen molar-refractivity contribution in [2.45, 2.75) is 128 Å². The van der Waals surface area contributed by atoms with Gasteiger partial charge in [0.1, 0.15) is 36.0 Å². The zero-order chi connectivity index (χ0) is 41.9.